The molecule has 1 unspecified atom stereocenters. The summed E-state index contributed by atoms with van der Waals surface area (Å²) in [6.07, 6.45) is 4.41. The molecule has 0 saturated carbocycles. The van der Waals surface area contributed by atoms with E-state index in [9.17, 15) is 0 Å². The Morgan fingerprint density at radius 2 is 2.16 bits per heavy atom. The molecule has 4 nitrogen and oxygen atoms in total. The van der Waals surface area contributed by atoms with Crippen LogP contribution in [-0.4, -0.2) is 14.8 Å². The smallest absolute Gasteiger partial charge is 0.0738 e. The predicted molar refractivity (Wildman–Crippen MR) is 79.9 cm³/mol. The van der Waals surface area contributed by atoms with E-state index < -0.39 is 0 Å². The van der Waals surface area contributed by atoms with Crippen molar-refractivity contribution in [3.05, 3.63) is 45.4 Å². The van der Waals surface area contributed by atoms with Crippen molar-refractivity contribution in [1.82, 2.24) is 14.8 Å². The number of hydrogen-bond donors (Lipinski definition) is 1. The van der Waals surface area contributed by atoms with Crippen LogP contribution >= 0.6 is 15.9 Å². The fraction of sp³-hybridized carbons (Fsp3) is 0.429. The molecule has 0 aliphatic carbocycles. The van der Waals surface area contributed by atoms with Crippen LogP contribution in [0.15, 0.2) is 22.9 Å². The van der Waals surface area contributed by atoms with Crippen molar-refractivity contribution in [2.24, 2.45) is 5.73 Å². The van der Waals surface area contributed by atoms with Crippen molar-refractivity contribution >= 4 is 15.9 Å². The molecule has 0 radical (unpaired) electrons. The number of hydrogen-bond acceptors (Lipinski definition) is 3. The molecular formula is C14H19BrN4. The monoisotopic (exact) mass is 322 g/mol. The molecule has 0 spiro atoms. The van der Waals surface area contributed by atoms with E-state index in [0.717, 1.165) is 40.0 Å². The van der Waals surface area contributed by atoms with Gasteiger partial charge in [0.05, 0.1) is 15.9 Å². The fourth-order valence-electron chi connectivity index (χ4n) is 2.28. The number of rotatable bonds is 4. The Morgan fingerprint density at radius 3 is 2.79 bits per heavy atom. The zero-order valence-electron chi connectivity index (χ0n) is 11.5. The Hall–Kier alpha value is -1.20. The zero-order chi connectivity index (χ0) is 14.0. The van der Waals surface area contributed by atoms with Crippen molar-refractivity contribution < 1.29 is 0 Å². The standard InChI is InChI=1S/C14H19BrN4/c1-4-19-13(14(15)10(3)18-19)7-12(16)11-5-6-17-8-9(11)2/h5-6,8,12H,4,7,16H2,1-3H3. The molecule has 2 aromatic heterocycles. The highest BCUT2D eigenvalue weighted by atomic mass is 79.9. The number of nitrogens with two attached hydrogens (primary N) is 1. The second-order valence-corrected chi connectivity index (χ2v) is 5.50. The van der Waals surface area contributed by atoms with Gasteiger partial charge in [0, 0.05) is 31.4 Å². The molecule has 2 heterocycles. The summed E-state index contributed by atoms with van der Waals surface area (Å²) in [6.45, 7) is 6.98. The van der Waals surface area contributed by atoms with Gasteiger partial charge in [-0.3, -0.25) is 9.67 Å². The minimum absolute atomic E-state index is 0.0410. The highest BCUT2D eigenvalue weighted by molar-refractivity contribution is 9.10. The van der Waals surface area contributed by atoms with Gasteiger partial charge < -0.3 is 5.73 Å². The summed E-state index contributed by atoms with van der Waals surface area (Å²) in [5.74, 6) is 0. The molecule has 0 saturated heterocycles. The van der Waals surface area contributed by atoms with Crippen LogP contribution in [0, 0.1) is 13.8 Å². The van der Waals surface area contributed by atoms with Crippen LogP contribution in [0.2, 0.25) is 0 Å². The van der Waals surface area contributed by atoms with Gasteiger partial charge in [-0.05, 0) is 53.9 Å². The lowest BCUT2D eigenvalue weighted by Gasteiger charge is -2.15. The molecule has 0 amide bonds. The first-order chi connectivity index (χ1) is 9.04. The van der Waals surface area contributed by atoms with E-state index in [1.54, 1.807) is 6.20 Å². The average Bonchev–Trinajstić information content (AvgIpc) is 2.67. The third-order valence-electron chi connectivity index (χ3n) is 3.33. The van der Waals surface area contributed by atoms with E-state index >= 15 is 0 Å². The second-order valence-electron chi connectivity index (χ2n) is 4.70. The maximum absolute atomic E-state index is 6.34. The molecule has 0 aromatic carbocycles. The lowest BCUT2D eigenvalue weighted by molar-refractivity contribution is 0.585. The average molecular weight is 323 g/mol. The Labute approximate surface area is 122 Å². The molecule has 19 heavy (non-hydrogen) atoms. The van der Waals surface area contributed by atoms with Crippen LogP contribution in [0.4, 0.5) is 0 Å². The van der Waals surface area contributed by atoms with Gasteiger partial charge in [0.1, 0.15) is 0 Å². The minimum atomic E-state index is -0.0410. The molecule has 1 atom stereocenters. The summed E-state index contributed by atoms with van der Waals surface area (Å²) < 4.78 is 3.08. The van der Waals surface area contributed by atoms with Gasteiger partial charge in [0.15, 0.2) is 0 Å². The number of aromatic nitrogens is 3. The maximum atomic E-state index is 6.34. The molecule has 0 fully saturated rings. The largest absolute Gasteiger partial charge is 0.324 e. The first kappa shape index (κ1) is 14.2. The van der Waals surface area contributed by atoms with Gasteiger partial charge in [-0.15, -0.1) is 0 Å². The van der Waals surface area contributed by atoms with Gasteiger partial charge in [-0.1, -0.05) is 0 Å². The van der Waals surface area contributed by atoms with Crippen LogP contribution in [0.1, 0.15) is 35.5 Å². The summed E-state index contributed by atoms with van der Waals surface area (Å²) in [5, 5.41) is 4.50. The van der Waals surface area contributed by atoms with Crippen LogP contribution in [0.25, 0.3) is 0 Å². The van der Waals surface area contributed by atoms with Gasteiger partial charge in [0.2, 0.25) is 0 Å². The van der Waals surface area contributed by atoms with E-state index in [4.69, 9.17) is 5.73 Å². The first-order valence-corrected chi connectivity index (χ1v) is 7.21. The number of aryl methyl sites for hydroxylation is 3. The molecular weight excluding hydrogens is 304 g/mol. The van der Waals surface area contributed by atoms with E-state index in [0.29, 0.717) is 0 Å². The number of nitrogens with zero attached hydrogens (tertiary/aromatic N) is 3. The zero-order valence-corrected chi connectivity index (χ0v) is 13.1. The van der Waals surface area contributed by atoms with Crippen molar-refractivity contribution in [3.8, 4) is 0 Å². The topological polar surface area (TPSA) is 56.7 Å². The molecule has 102 valence electrons. The SMILES string of the molecule is CCn1nc(C)c(Br)c1CC(N)c1ccncc1C. The second kappa shape index (κ2) is 5.84. The van der Waals surface area contributed by atoms with Gasteiger partial charge in [0.25, 0.3) is 0 Å². The molecule has 0 bridgehead atoms. The summed E-state index contributed by atoms with van der Waals surface area (Å²) in [5.41, 5.74) is 10.8. The van der Waals surface area contributed by atoms with Gasteiger partial charge in [-0.2, -0.15) is 5.10 Å². The molecule has 0 aliphatic rings. The summed E-state index contributed by atoms with van der Waals surface area (Å²) in [7, 11) is 0. The first-order valence-electron chi connectivity index (χ1n) is 6.42. The van der Waals surface area contributed by atoms with Crippen LogP contribution < -0.4 is 5.73 Å². The van der Waals surface area contributed by atoms with Crippen LogP contribution in [-0.2, 0) is 13.0 Å². The summed E-state index contributed by atoms with van der Waals surface area (Å²) >= 11 is 3.61. The highest BCUT2D eigenvalue weighted by Gasteiger charge is 2.17. The lowest BCUT2D eigenvalue weighted by atomic mass is 10.00. The fourth-order valence-corrected chi connectivity index (χ4v) is 2.73. The quantitative estimate of drug-likeness (QED) is 0.941. The Kier molecular flexibility index (Phi) is 4.37. The van der Waals surface area contributed by atoms with Crippen molar-refractivity contribution in [1.29, 1.82) is 0 Å². The Balaban J connectivity index is 2.29. The third kappa shape index (κ3) is 2.87. The highest BCUT2D eigenvalue weighted by Crippen LogP contribution is 2.26. The molecule has 2 aromatic rings. The third-order valence-corrected chi connectivity index (χ3v) is 4.36. The van der Waals surface area contributed by atoms with Gasteiger partial charge >= 0.3 is 0 Å². The molecule has 5 heteroatoms. The Morgan fingerprint density at radius 1 is 1.42 bits per heavy atom. The van der Waals surface area contributed by atoms with Gasteiger partial charge in [-0.25, -0.2) is 0 Å². The van der Waals surface area contributed by atoms with E-state index in [1.165, 1.54) is 0 Å². The van der Waals surface area contributed by atoms with Crippen LogP contribution in [0.5, 0.6) is 0 Å². The van der Waals surface area contributed by atoms with Crippen LogP contribution in [0.3, 0.4) is 0 Å². The number of pyridine rings is 1. The number of halogens is 1. The van der Waals surface area contributed by atoms with E-state index in [2.05, 4.69) is 32.9 Å². The molecule has 0 aliphatic heterocycles. The predicted octanol–water partition coefficient (Wildman–Crippen LogP) is 2.92. The molecule has 2 N–H and O–H groups in total. The Bertz CT molecular complexity index is 577. The normalized spacial score (nSPS) is 12.7. The lowest BCUT2D eigenvalue weighted by Crippen LogP contribution is -2.17. The van der Waals surface area contributed by atoms with E-state index in [1.807, 2.05) is 30.8 Å². The maximum Gasteiger partial charge on any atom is 0.0738 e. The van der Waals surface area contributed by atoms with Crippen molar-refractivity contribution in [3.63, 3.8) is 0 Å². The summed E-state index contributed by atoms with van der Waals surface area (Å²) in [4.78, 5) is 4.11. The van der Waals surface area contributed by atoms with E-state index in [-0.39, 0.29) is 6.04 Å². The molecule has 2 rings (SSSR count). The van der Waals surface area contributed by atoms with Crippen molar-refractivity contribution in [2.45, 2.75) is 39.8 Å². The minimum Gasteiger partial charge on any atom is -0.324 e. The summed E-state index contributed by atoms with van der Waals surface area (Å²) in [6, 6.07) is 1.95. The van der Waals surface area contributed by atoms with Crippen molar-refractivity contribution in [2.75, 3.05) is 0 Å².